The topological polar surface area (TPSA) is 45.1 Å². The highest BCUT2D eigenvalue weighted by atomic mass is 16.6. The number of rotatable bonds is 1. The molecule has 0 radical (unpaired) electrons. The number of hydrogen-bond acceptors (Lipinski definition) is 3. The van der Waals surface area contributed by atoms with Crippen LogP contribution in [0.15, 0.2) is 28.6 Å². The van der Waals surface area contributed by atoms with Gasteiger partial charge in [0.25, 0.3) is 0 Å². The van der Waals surface area contributed by atoms with Gasteiger partial charge in [-0.25, -0.2) is 0 Å². The standard InChI is InChI=1S/C10H13NO2/c1-5(2)7-4-8(11-12)6(3)9-10(7)13-9/h7,10,12H,1,4H2,2-3H3/b11-8+. The first-order valence-corrected chi connectivity index (χ1v) is 4.39. The van der Waals surface area contributed by atoms with E-state index in [1.165, 1.54) is 0 Å². The molecule has 70 valence electrons. The first-order valence-electron chi connectivity index (χ1n) is 4.39. The van der Waals surface area contributed by atoms with Crippen molar-refractivity contribution in [3.63, 3.8) is 0 Å². The lowest BCUT2D eigenvalue weighted by Crippen LogP contribution is -2.19. The van der Waals surface area contributed by atoms with Crippen molar-refractivity contribution in [1.82, 2.24) is 0 Å². The van der Waals surface area contributed by atoms with Crippen LogP contribution in [-0.4, -0.2) is 17.0 Å². The molecule has 0 aromatic rings. The Hall–Kier alpha value is -1.25. The third-order valence-electron chi connectivity index (χ3n) is 2.79. The Morgan fingerprint density at radius 2 is 2.38 bits per heavy atom. The van der Waals surface area contributed by atoms with Crippen LogP contribution in [0.1, 0.15) is 20.3 Å². The van der Waals surface area contributed by atoms with Gasteiger partial charge in [0.15, 0.2) is 6.10 Å². The Bertz CT molecular complexity index is 328. The number of hydrogen-bond donors (Lipinski definition) is 1. The molecule has 2 atom stereocenters. The van der Waals surface area contributed by atoms with Crippen LogP contribution in [0, 0.1) is 5.92 Å². The molecule has 0 spiro atoms. The minimum Gasteiger partial charge on any atom is -0.482 e. The third-order valence-corrected chi connectivity index (χ3v) is 2.79. The van der Waals surface area contributed by atoms with Gasteiger partial charge >= 0.3 is 0 Å². The zero-order chi connectivity index (χ0) is 9.59. The van der Waals surface area contributed by atoms with E-state index < -0.39 is 0 Å². The summed E-state index contributed by atoms with van der Waals surface area (Å²) >= 11 is 0. The number of ether oxygens (including phenoxy) is 1. The molecule has 1 aliphatic heterocycles. The lowest BCUT2D eigenvalue weighted by atomic mass is 9.85. The highest BCUT2D eigenvalue weighted by molar-refractivity contribution is 6.01. The molecule has 2 aliphatic rings. The fraction of sp³-hybridized carbons (Fsp3) is 0.500. The third kappa shape index (κ3) is 1.15. The summed E-state index contributed by atoms with van der Waals surface area (Å²) < 4.78 is 5.42. The van der Waals surface area contributed by atoms with Gasteiger partial charge in [0, 0.05) is 17.9 Å². The van der Waals surface area contributed by atoms with E-state index >= 15 is 0 Å². The fourth-order valence-electron chi connectivity index (χ4n) is 1.83. The molecule has 1 fully saturated rings. The molecule has 0 aromatic heterocycles. The van der Waals surface area contributed by atoms with E-state index in [-0.39, 0.29) is 6.10 Å². The summed E-state index contributed by atoms with van der Waals surface area (Å²) in [6.07, 6.45) is 0.953. The molecule has 1 aliphatic carbocycles. The Morgan fingerprint density at radius 1 is 1.69 bits per heavy atom. The van der Waals surface area contributed by atoms with E-state index in [4.69, 9.17) is 9.94 Å². The highest BCUT2D eigenvalue weighted by Gasteiger charge is 2.47. The van der Waals surface area contributed by atoms with Crippen LogP contribution in [0.3, 0.4) is 0 Å². The van der Waals surface area contributed by atoms with Crippen molar-refractivity contribution < 1.29 is 9.94 Å². The zero-order valence-corrected chi connectivity index (χ0v) is 7.87. The van der Waals surface area contributed by atoms with Gasteiger partial charge in [-0.2, -0.15) is 0 Å². The molecular formula is C10H13NO2. The molecule has 1 heterocycles. The van der Waals surface area contributed by atoms with Gasteiger partial charge in [0.1, 0.15) is 5.76 Å². The Balaban J connectivity index is 2.32. The summed E-state index contributed by atoms with van der Waals surface area (Å²) in [5.74, 6) is 1.27. The predicted octanol–water partition coefficient (Wildman–Crippen LogP) is 2.09. The molecule has 2 unspecified atom stereocenters. The van der Waals surface area contributed by atoms with E-state index in [0.29, 0.717) is 5.92 Å². The van der Waals surface area contributed by atoms with Crippen LogP contribution >= 0.6 is 0 Å². The second-order valence-electron chi connectivity index (χ2n) is 3.73. The first-order chi connectivity index (χ1) is 6.15. The van der Waals surface area contributed by atoms with E-state index in [1.54, 1.807) is 0 Å². The van der Waals surface area contributed by atoms with Crippen LogP contribution in [-0.2, 0) is 4.74 Å². The summed E-state index contributed by atoms with van der Waals surface area (Å²) in [4.78, 5) is 0. The minimum absolute atomic E-state index is 0.211. The van der Waals surface area contributed by atoms with Gasteiger partial charge in [-0.05, 0) is 13.8 Å². The Labute approximate surface area is 77.4 Å². The molecule has 0 aromatic carbocycles. The average molecular weight is 179 g/mol. The van der Waals surface area contributed by atoms with Crippen molar-refractivity contribution in [2.45, 2.75) is 26.4 Å². The molecule has 3 heteroatoms. The maximum atomic E-state index is 8.77. The lowest BCUT2D eigenvalue weighted by Gasteiger charge is -2.16. The molecule has 1 N–H and O–H groups in total. The molecular weight excluding hydrogens is 166 g/mol. The quantitative estimate of drug-likeness (QED) is 0.290. The second-order valence-corrected chi connectivity index (χ2v) is 3.73. The van der Waals surface area contributed by atoms with E-state index in [0.717, 1.165) is 29.0 Å². The van der Waals surface area contributed by atoms with Crippen LogP contribution in [0.25, 0.3) is 0 Å². The van der Waals surface area contributed by atoms with Gasteiger partial charge in [0.05, 0.1) is 5.71 Å². The van der Waals surface area contributed by atoms with Crippen molar-refractivity contribution in [1.29, 1.82) is 0 Å². The normalized spacial score (nSPS) is 34.2. The van der Waals surface area contributed by atoms with Crippen molar-refractivity contribution >= 4 is 5.71 Å². The summed E-state index contributed by atoms with van der Waals surface area (Å²) in [5, 5.41) is 12.0. The maximum absolute atomic E-state index is 8.77. The highest BCUT2D eigenvalue weighted by Crippen LogP contribution is 2.45. The Kier molecular flexibility index (Phi) is 1.68. The van der Waals surface area contributed by atoms with Gasteiger partial charge in [-0.15, -0.1) is 0 Å². The van der Waals surface area contributed by atoms with Crippen LogP contribution < -0.4 is 0 Å². The summed E-state index contributed by atoms with van der Waals surface area (Å²) in [5.41, 5.74) is 2.82. The van der Waals surface area contributed by atoms with Gasteiger partial charge in [-0.3, -0.25) is 0 Å². The van der Waals surface area contributed by atoms with E-state index in [9.17, 15) is 0 Å². The molecule has 0 saturated carbocycles. The van der Waals surface area contributed by atoms with Gasteiger partial charge in [0.2, 0.25) is 0 Å². The number of oxime groups is 1. The zero-order valence-electron chi connectivity index (χ0n) is 7.87. The van der Waals surface area contributed by atoms with Gasteiger partial charge in [-0.1, -0.05) is 17.3 Å². The molecule has 13 heavy (non-hydrogen) atoms. The summed E-state index contributed by atoms with van der Waals surface area (Å²) in [7, 11) is 0. The molecule has 3 nitrogen and oxygen atoms in total. The van der Waals surface area contributed by atoms with Crippen molar-refractivity contribution in [2.75, 3.05) is 0 Å². The number of epoxide rings is 1. The predicted molar refractivity (Wildman–Crippen MR) is 49.7 cm³/mol. The van der Waals surface area contributed by atoms with Crippen molar-refractivity contribution in [2.24, 2.45) is 11.1 Å². The lowest BCUT2D eigenvalue weighted by molar-refractivity contribution is 0.315. The second kappa shape index (κ2) is 2.62. The average Bonchev–Trinajstić information content (AvgIpc) is 2.84. The van der Waals surface area contributed by atoms with Gasteiger partial charge < -0.3 is 9.94 Å². The molecule has 1 saturated heterocycles. The van der Waals surface area contributed by atoms with Crippen molar-refractivity contribution in [3.05, 3.63) is 23.5 Å². The minimum atomic E-state index is 0.211. The molecule has 0 amide bonds. The molecule has 2 rings (SSSR count). The number of fused-ring (bicyclic) bond motifs is 1. The maximum Gasteiger partial charge on any atom is 0.162 e. The molecule has 0 bridgehead atoms. The van der Waals surface area contributed by atoms with Crippen molar-refractivity contribution in [3.8, 4) is 0 Å². The van der Waals surface area contributed by atoms with E-state index in [1.807, 2.05) is 13.8 Å². The first kappa shape index (κ1) is 8.35. The largest absolute Gasteiger partial charge is 0.482 e. The van der Waals surface area contributed by atoms with Crippen LogP contribution in [0.5, 0.6) is 0 Å². The number of nitrogens with zero attached hydrogens (tertiary/aromatic N) is 1. The number of allylic oxidation sites excluding steroid dienone is 1. The Morgan fingerprint density at radius 3 is 2.92 bits per heavy atom. The summed E-state index contributed by atoms with van der Waals surface area (Å²) in [6, 6.07) is 0. The summed E-state index contributed by atoms with van der Waals surface area (Å²) in [6.45, 7) is 7.83. The van der Waals surface area contributed by atoms with E-state index in [2.05, 4.69) is 11.7 Å². The fourth-order valence-corrected chi connectivity index (χ4v) is 1.83. The smallest absolute Gasteiger partial charge is 0.162 e. The monoisotopic (exact) mass is 179 g/mol. The SMILES string of the molecule is C=C(C)C1C/C(=N\O)C(C)=C2OC21. The van der Waals surface area contributed by atoms with Crippen LogP contribution in [0.2, 0.25) is 0 Å². The van der Waals surface area contributed by atoms with Crippen LogP contribution in [0.4, 0.5) is 0 Å².